The van der Waals surface area contributed by atoms with E-state index < -0.39 is 0 Å². The molecule has 0 atom stereocenters. The van der Waals surface area contributed by atoms with Gasteiger partial charge in [-0.2, -0.15) is 9.78 Å². The highest BCUT2D eigenvalue weighted by molar-refractivity contribution is 9.10. The van der Waals surface area contributed by atoms with Crippen molar-refractivity contribution in [2.45, 2.75) is 26.2 Å². The summed E-state index contributed by atoms with van der Waals surface area (Å²) in [7, 11) is 0. The molecule has 0 amide bonds. The number of benzene rings is 2. The molecule has 0 unspecified atom stereocenters. The lowest BCUT2D eigenvalue weighted by Gasteiger charge is -2.20. The first-order valence-electron chi connectivity index (χ1n) is 7.82. The Labute approximate surface area is 153 Å². The van der Waals surface area contributed by atoms with Crippen molar-refractivity contribution < 1.29 is 5.11 Å². The van der Waals surface area contributed by atoms with E-state index in [0.29, 0.717) is 16.7 Å². The van der Waals surface area contributed by atoms with Crippen LogP contribution >= 0.6 is 15.9 Å². The maximum Gasteiger partial charge on any atom is 0.282 e. The fourth-order valence-corrected chi connectivity index (χ4v) is 2.79. The van der Waals surface area contributed by atoms with Crippen molar-refractivity contribution in [1.82, 2.24) is 9.66 Å². The third-order valence-electron chi connectivity index (χ3n) is 3.69. The Balaban J connectivity index is 2.22. The molecule has 128 valence electrons. The zero-order valence-electron chi connectivity index (χ0n) is 14.2. The second kappa shape index (κ2) is 6.44. The topological polar surface area (TPSA) is 67.5 Å². The van der Waals surface area contributed by atoms with Gasteiger partial charge in [-0.15, -0.1) is 0 Å². The van der Waals surface area contributed by atoms with Crippen molar-refractivity contribution in [1.29, 1.82) is 0 Å². The monoisotopic (exact) mass is 399 g/mol. The minimum Gasteiger partial charge on any atom is -0.508 e. The molecular weight excluding hydrogens is 382 g/mol. The van der Waals surface area contributed by atoms with Crippen LogP contribution in [0.5, 0.6) is 5.75 Å². The third kappa shape index (κ3) is 3.64. The Hall–Kier alpha value is -2.47. The summed E-state index contributed by atoms with van der Waals surface area (Å²) in [4.78, 5) is 17.6. The summed E-state index contributed by atoms with van der Waals surface area (Å²) in [5, 5.41) is 14.2. The molecule has 6 heteroatoms. The molecule has 1 N–H and O–H groups in total. The zero-order chi connectivity index (χ0) is 18.2. The van der Waals surface area contributed by atoms with Gasteiger partial charge in [0.25, 0.3) is 5.56 Å². The maximum absolute atomic E-state index is 13.0. The number of aromatic hydroxyl groups is 1. The molecule has 3 rings (SSSR count). The third-order valence-corrected chi connectivity index (χ3v) is 4.19. The molecule has 0 bridgehead atoms. The number of hydrogen-bond acceptors (Lipinski definition) is 4. The molecule has 0 saturated carbocycles. The fourth-order valence-electron chi connectivity index (χ4n) is 2.43. The predicted molar refractivity (Wildman–Crippen MR) is 104 cm³/mol. The average molecular weight is 400 g/mol. The van der Waals surface area contributed by atoms with Crippen LogP contribution in [0.3, 0.4) is 0 Å². The standard InChI is InChI=1S/C19H18BrN3O2/c1-19(2,3)18-22-16-9-6-13(20)10-15(16)17(25)23(18)21-11-12-4-7-14(24)8-5-12/h4-11,24H,1-3H3. The Morgan fingerprint density at radius 2 is 1.84 bits per heavy atom. The molecule has 0 saturated heterocycles. The summed E-state index contributed by atoms with van der Waals surface area (Å²) >= 11 is 3.39. The summed E-state index contributed by atoms with van der Waals surface area (Å²) in [6, 6.07) is 12.0. The number of rotatable bonds is 2. The van der Waals surface area contributed by atoms with Crippen LogP contribution in [-0.4, -0.2) is 21.0 Å². The average Bonchev–Trinajstić information content (AvgIpc) is 2.55. The van der Waals surface area contributed by atoms with Gasteiger partial charge in [0.1, 0.15) is 11.6 Å². The molecule has 0 spiro atoms. The van der Waals surface area contributed by atoms with E-state index in [0.717, 1.165) is 10.0 Å². The van der Waals surface area contributed by atoms with E-state index in [9.17, 15) is 9.90 Å². The van der Waals surface area contributed by atoms with Crippen molar-refractivity contribution in [2.75, 3.05) is 0 Å². The van der Waals surface area contributed by atoms with Crippen LogP contribution in [0, 0.1) is 0 Å². The van der Waals surface area contributed by atoms with Crippen molar-refractivity contribution in [3.8, 4) is 5.75 Å². The number of fused-ring (bicyclic) bond motifs is 1. The van der Waals surface area contributed by atoms with Crippen molar-refractivity contribution >= 4 is 33.0 Å². The SMILES string of the molecule is CC(C)(C)c1nc2ccc(Br)cc2c(=O)n1N=Cc1ccc(O)cc1. The Morgan fingerprint density at radius 3 is 2.48 bits per heavy atom. The summed E-state index contributed by atoms with van der Waals surface area (Å²) in [5.41, 5.74) is 0.853. The van der Waals surface area contributed by atoms with Gasteiger partial charge in [-0.3, -0.25) is 4.79 Å². The molecule has 0 fully saturated rings. The fraction of sp³-hybridized carbons (Fsp3) is 0.211. The van der Waals surface area contributed by atoms with Gasteiger partial charge in [-0.1, -0.05) is 36.7 Å². The van der Waals surface area contributed by atoms with Crippen LogP contribution in [0.25, 0.3) is 10.9 Å². The van der Waals surface area contributed by atoms with Gasteiger partial charge >= 0.3 is 0 Å². The lowest BCUT2D eigenvalue weighted by atomic mass is 9.95. The number of hydrogen-bond donors (Lipinski definition) is 1. The van der Waals surface area contributed by atoms with E-state index in [-0.39, 0.29) is 16.7 Å². The van der Waals surface area contributed by atoms with Crippen LogP contribution < -0.4 is 5.56 Å². The first kappa shape index (κ1) is 17.4. The van der Waals surface area contributed by atoms with E-state index in [1.165, 1.54) is 4.68 Å². The molecule has 0 aliphatic heterocycles. The van der Waals surface area contributed by atoms with Gasteiger partial charge in [0, 0.05) is 9.89 Å². The molecule has 25 heavy (non-hydrogen) atoms. The maximum atomic E-state index is 13.0. The molecule has 1 heterocycles. The molecule has 1 aromatic heterocycles. The van der Waals surface area contributed by atoms with Crippen molar-refractivity contribution in [2.24, 2.45) is 5.10 Å². The van der Waals surface area contributed by atoms with Gasteiger partial charge in [0.2, 0.25) is 0 Å². The highest BCUT2D eigenvalue weighted by Crippen LogP contribution is 2.23. The van der Waals surface area contributed by atoms with Crippen molar-refractivity contribution in [3.05, 3.63) is 68.7 Å². The van der Waals surface area contributed by atoms with Gasteiger partial charge in [0.05, 0.1) is 17.1 Å². The number of phenolic OH excluding ortho intramolecular Hbond substituents is 1. The molecular formula is C19H18BrN3O2. The van der Waals surface area contributed by atoms with E-state index >= 15 is 0 Å². The molecule has 0 aliphatic rings. The number of nitrogens with zero attached hydrogens (tertiary/aromatic N) is 3. The lowest BCUT2D eigenvalue weighted by molar-refractivity contribution is 0.475. The van der Waals surface area contributed by atoms with Crippen LogP contribution in [-0.2, 0) is 5.41 Å². The van der Waals surface area contributed by atoms with Crippen LogP contribution in [0.4, 0.5) is 0 Å². The van der Waals surface area contributed by atoms with Crippen LogP contribution in [0.1, 0.15) is 32.2 Å². The largest absolute Gasteiger partial charge is 0.508 e. The summed E-state index contributed by atoms with van der Waals surface area (Å²) in [5.74, 6) is 0.768. The highest BCUT2D eigenvalue weighted by atomic mass is 79.9. The lowest BCUT2D eigenvalue weighted by Crippen LogP contribution is -2.29. The quantitative estimate of drug-likeness (QED) is 0.661. The van der Waals surface area contributed by atoms with E-state index in [1.54, 1.807) is 36.5 Å². The molecule has 2 aromatic carbocycles. The molecule has 0 radical (unpaired) electrons. The summed E-state index contributed by atoms with van der Waals surface area (Å²) < 4.78 is 2.17. The summed E-state index contributed by atoms with van der Waals surface area (Å²) in [6.07, 6.45) is 1.58. The molecule has 0 aliphatic carbocycles. The van der Waals surface area contributed by atoms with Gasteiger partial charge in [-0.25, -0.2) is 4.98 Å². The van der Waals surface area contributed by atoms with Gasteiger partial charge in [-0.05, 0) is 48.0 Å². The smallest absolute Gasteiger partial charge is 0.282 e. The first-order chi connectivity index (χ1) is 11.8. The zero-order valence-corrected chi connectivity index (χ0v) is 15.8. The Kier molecular flexibility index (Phi) is 4.47. The second-order valence-electron chi connectivity index (χ2n) is 6.80. The normalized spacial score (nSPS) is 12.2. The second-order valence-corrected chi connectivity index (χ2v) is 7.72. The van der Waals surface area contributed by atoms with E-state index in [4.69, 9.17) is 0 Å². The molecule has 3 aromatic rings. The number of halogens is 1. The van der Waals surface area contributed by atoms with E-state index in [2.05, 4.69) is 26.0 Å². The van der Waals surface area contributed by atoms with E-state index in [1.807, 2.05) is 32.9 Å². The first-order valence-corrected chi connectivity index (χ1v) is 8.61. The molecule has 5 nitrogen and oxygen atoms in total. The van der Waals surface area contributed by atoms with Gasteiger partial charge < -0.3 is 5.11 Å². The minimum atomic E-state index is -0.354. The highest BCUT2D eigenvalue weighted by Gasteiger charge is 2.22. The minimum absolute atomic E-state index is 0.182. The number of phenols is 1. The van der Waals surface area contributed by atoms with Crippen LogP contribution in [0.2, 0.25) is 0 Å². The summed E-state index contributed by atoms with van der Waals surface area (Å²) in [6.45, 7) is 5.98. The van der Waals surface area contributed by atoms with Crippen LogP contribution in [0.15, 0.2) is 56.8 Å². The predicted octanol–water partition coefficient (Wildman–Crippen LogP) is 4.04. The van der Waals surface area contributed by atoms with Gasteiger partial charge in [0.15, 0.2) is 0 Å². The van der Waals surface area contributed by atoms with Crippen molar-refractivity contribution in [3.63, 3.8) is 0 Å². The number of aromatic nitrogens is 2. The Morgan fingerprint density at radius 1 is 1.16 bits per heavy atom. The Bertz CT molecular complexity index is 1020.